The van der Waals surface area contributed by atoms with Crippen molar-refractivity contribution in [3.05, 3.63) is 70.5 Å². The topological polar surface area (TPSA) is 74.3 Å². The van der Waals surface area contributed by atoms with Crippen molar-refractivity contribution in [2.45, 2.75) is 18.8 Å². The van der Waals surface area contributed by atoms with E-state index in [9.17, 15) is 14.0 Å². The molecule has 1 atom stereocenters. The summed E-state index contributed by atoms with van der Waals surface area (Å²) >= 11 is 1.38. The van der Waals surface area contributed by atoms with E-state index in [1.807, 2.05) is 43.3 Å². The lowest BCUT2D eigenvalue weighted by molar-refractivity contribution is -0.117. The molecule has 0 saturated carbocycles. The van der Waals surface area contributed by atoms with Gasteiger partial charge in [-0.1, -0.05) is 0 Å². The lowest BCUT2D eigenvalue weighted by Crippen LogP contribution is -2.20. The Balaban J connectivity index is 1.43. The predicted octanol–water partition coefficient (Wildman–Crippen LogP) is 4.27. The third-order valence-corrected chi connectivity index (χ3v) is 6.06. The Hall–Kier alpha value is -3.26. The highest BCUT2D eigenvalue weighted by Gasteiger charge is 2.33. The SMILES string of the molecule is CN(C)c1ccc(NC(=O)C2CCc3sc(NC(=O)c4ccc(F)cc4)nc32)cc1. The molecule has 3 aromatic rings. The summed E-state index contributed by atoms with van der Waals surface area (Å²) in [6.45, 7) is 0. The zero-order chi connectivity index (χ0) is 21.3. The number of halogens is 1. The van der Waals surface area contributed by atoms with Crippen LogP contribution in [-0.2, 0) is 11.2 Å². The fourth-order valence-corrected chi connectivity index (χ4v) is 4.41. The van der Waals surface area contributed by atoms with E-state index in [-0.39, 0.29) is 17.7 Å². The van der Waals surface area contributed by atoms with Gasteiger partial charge in [0.2, 0.25) is 5.91 Å². The molecule has 0 aliphatic heterocycles. The van der Waals surface area contributed by atoms with Crippen LogP contribution in [0.25, 0.3) is 0 Å². The van der Waals surface area contributed by atoms with Crippen molar-refractivity contribution in [2.24, 2.45) is 0 Å². The molecule has 2 N–H and O–H groups in total. The second-order valence-electron chi connectivity index (χ2n) is 7.31. The monoisotopic (exact) mass is 424 g/mol. The number of hydrogen-bond donors (Lipinski definition) is 2. The number of carbonyl (C=O) groups excluding carboxylic acids is 2. The van der Waals surface area contributed by atoms with Crippen LogP contribution in [0.5, 0.6) is 0 Å². The maximum absolute atomic E-state index is 13.0. The summed E-state index contributed by atoms with van der Waals surface area (Å²) in [5.41, 5.74) is 2.86. The number of rotatable bonds is 5. The summed E-state index contributed by atoms with van der Waals surface area (Å²) < 4.78 is 13.0. The number of nitrogens with one attached hydrogen (secondary N) is 2. The van der Waals surface area contributed by atoms with E-state index >= 15 is 0 Å². The summed E-state index contributed by atoms with van der Waals surface area (Å²) in [4.78, 5) is 32.6. The summed E-state index contributed by atoms with van der Waals surface area (Å²) in [5, 5.41) is 6.15. The van der Waals surface area contributed by atoms with Gasteiger partial charge in [0, 0.05) is 35.9 Å². The van der Waals surface area contributed by atoms with E-state index in [4.69, 9.17) is 0 Å². The molecule has 1 heterocycles. The molecule has 2 amide bonds. The molecular formula is C22H21FN4O2S. The van der Waals surface area contributed by atoms with Gasteiger partial charge in [0.1, 0.15) is 5.82 Å². The zero-order valence-electron chi connectivity index (χ0n) is 16.6. The molecular weight excluding hydrogens is 403 g/mol. The Kier molecular flexibility index (Phi) is 5.50. The molecule has 0 bridgehead atoms. The number of fused-ring (bicyclic) bond motifs is 1. The van der Waals surface area contributed by atoms with E-state index in [0.29, 0.717) is 17.1 Å². The number of amides is 2. The fourth-order valence-electron chi connectivity index (χ4n) is 3.38. The van der Waals surface area contributed by atoms with Crippen LogP contribution in [0, 0.1) is 5.82 Å². The molecule has 4 rings (SSSR count). The van der Waals surface area contributed by atoms with Crippen LogP contribution in [0.4, 0.5) is 20.9 Å². The van der Waals surface area contributed by atoms with Crippen LogP contribution in [-0.4, -0.2) is 30.9 Å². The molecule has 8 heteroatoms. The van der Waals surface area contributed by atoms with Crippen molar-refractivity contribution in [2.75, 3.05) is 29.6 Å². The molecule has 6 nitrogen and oxygen atoms in total. The first kappa shape index (κ1) is 20.0. The van der Waals surface area contributed by atoms with Gasteiger partial charge in [-0.15, -0.1) is 11.3 Å². The second kappa shape index (κ2) is 8.23. The van der Waals surface area contributed by atoms with Crippen LogP contribution in [0.3, 0.4) is 0 Å². The fraction of sp³-hybridized carbons (Fsp3) is 0.227. The highest BCUT2D eigenvalue weighted by Crippen LogP contribution is 2.39. The minimum atomic E-state index is -0.398. The van der Waals surface area contributed by atoms with Crippen molar-refractivity contribution >= 4 is 39.7 Å². The van der Waals surface area contributed by atoms with Gasteiger partial charge >= 0.3 is 0 Å². The number of aromatic nitrogens is 1. The molecule has 1 aliphatic carbocycles. The number of carbonyl (C=O) groups is 2. The number of benzene rings is 2. The van der Waals surface area contributed by atoms with Crippen LogP contribution >= 0.6 is 11.3 Å². The van der Waals surface area contributed by atoms with Crippen LogP contribution in [0.2, 0.25) is 0 Å². The van der Waals surface area contributed by atoms with E-state index in [1.165, 1.54) is 35.6 Å². The smallest absolute Gasteiger partial charge is 0.257 e. The minimum Gasteiger partial charge on any atom is -0.378 e. The maximum Gasteiger partial charge on any atom is 0.257 e. The normalized spacial score (nSPS) is 14.8. The molecule has 1 unspecified atom stereocenters. The number of anilines is 3. The Morgan fingerprint density at radius 3 is 2.43 bits per heavy atom. The van der Waals surface area contributed by atoms with E-state index < -0.39 is 5.82 Å². The van der Waals surface area contributed by atoms with Crippen LogP contribution in [0.1, 0.15) is 33.3 Å². The van der Waals surface area contributed by atoms with Crippen LogP contribution < -0.4 is 15.5 Å². The molecule has 0 spiro atoms. The van der Waals surface area contributed by atoms with Gasteiger partial charge < -0.3 is 10.2 Å². The molecule has 0 fully saturated rings. The summed E-state index contributed by atoms with van der Waals surface area (Å²) in [5.74, 6) is -1.20. The maximum atomic E-state index is 13.0. The van der Waals surface area contributed by atoms with Gasteiger partial charge in [0.25, 0.3) is 5.91 Å². The van der Waals surface area contributed by atoms with Crippen molar-refractivity contribution in [1.29, 1.82) is 0 Å². The van der Waals surface area contributed by atoms with Crippen molar-refractivity contribution in [3.8, 4) is 0 Å². The Labute approximate surface area is 177 Å². The van der Waals surface area contributed by atoms with Gasteiger partial charge in [0.05, 0.1) is 11.6 Å². The Morgan fingerprint density at radius 1 is 1.07 bits per heavy atom. The molecule has 0 radical (unpaired) electrons. The number of aryl methyl sites for hydroxylation is 1. The highest BCUT2D eigenvalue weighted by atomic mass is 32.1. The molecule has 1 aliphatic rings. The summed E-state index contributed by atoms with van der Waals surface area (Å²) in [6, 6.07) is 13.0. The third-order valence-electron chi connectivity index (χ3n) is 5.01. The number of hydrogen-bond acceptors (Lipinski definition) is 5. The summed E-state index contributed by atoms with van der Waals surface area (Å²) in [7, 11) is 3.92. The Bertz CT molecular complexity index is 1080. The van der Waals surface area contributed by atoms with E-state index in [1.54, 1.807) is 0 Å². The molecule has 1 aromatic heterocycles. The summed E-state index contributed by atoms with van der Waals surface area (Å²) in [6.07, 6.45) is 1.44. The third kappa shape index (κ3) is 4.18. The van der Waals surface area contributed by atoms with Gasteiger partial charge in [-0.2, -0.15) is 0 Å². The second-order valence-corrected chi connectivity index (χ2v) is 8.39. The van der Waals surface area contributed by atoms with E-state index in [2.05, 4.69) is 15.6 Å². The van der Waals surface area contributed by atoms with Gasteiger partial charge in [-0.05, 0) is 61.4 Å². The highest BCUT2D eigenvalue weighted by molar-refractivity contribution is 7.16. The molecule has 0 saturated heterocycles. The minimum absolute atomic E-state index is 0.104. The first-order valence-electron chi connectivity index (χ1n) is 9.55. The van der Waals surface area contributed by atoms with Gasteiger partial charge in [-0.25, -0.2) is 9.37 Å². The largest absolute Gasteiger partial charge is 0.378 e. The number of nitrogens with zero attached hydrogens (tertiary/aromatic N) is 2. The first-order valence-corrected chi connectivity index (χ1v) is 10.4. The van der Waals surface area contributed by atoms with Gasteiger partial charge in [0.15, 0.2) is 5.13 Å². The lowest BCUT2D eigenvalue weighted by Gasteiger charge is -2.14. The first-order chi connectivity index (χ1) is 14.4. The van der Waals surface area contributed by atoms with Crippen LogP contribution in [0.15, 0.2) is 48.5 Å². The molecule has 30 heavy (non-hydrogen) atoms. The standard InChI is InChI=1S/C22H21FN4O2S/c1-27(2)16-9-7-15(8-10-16)24-21(29)17-11-12-18-19(17)25-22(30-18)26-20(28)13-3-5-14(23)6-4-13/h3-10,17H,11-12H2,1-2H3,(H,24,29)(H,25,26,28). The van der Waals surface area contributed by atoms with Crippen molar-refractivity contribution in [3.63, 3.8) is 0 Å². The molecule has 154 valence electrons. The predicted molar refractivity (Wildman–Crippen MR) is 117 cm³/mol. The lowest BCUT2D eigenvalue weighted by atomic mass is 10.1. The quantitative estimate of drug-likeness (QED) is 0.642. The Morgan fingerprint density at radius 2 is 1.77 bits per heavy atom. The van der Waals surface area contributed by atoms with Gasteiger partial charge in [-0.3, -0.25) is 14.9 Å². The van der Waals surface area contributed by atoms with Crippen molar-refractivity contribution in [1.82, 2.24) is 4.98 Å². The average Bonchev–Trinajstić information content (AvgIpc) is 3.29. The number of thiazole rings is 1. The van der Waals surface area contributed by atoms with E-state index in [0.717, 1.165) is 28.4 Å². The van der Waals surface area contributed by atoms with Crippen molar-refractivity contribution < 1.29 is 14.0 Å². The zero-order valence-corrected chi connectivity index (χ0v) is 17.4. The average molecular weight is 425 g/mol. The molecule has 2 aromatic carbocycles.